The Morgan fingerprint density at radius 3 is 3.00 bits per heavy atom. The molecule has 0 unspecified atom stereocenters. The van der Waals surface area contributed by atoms with Crippen molar-refractivity contribution in [1.29, 1.82) is 0 Å². The number of imidazole rings is 1. The predicted molar refractivity (Wildman–Crippen MR) is 44.3 cm³/mol. The third kappa shape index (κ3) is 1.76. The molecule has 66 valence electrons. The lowest BCUT2D eigenvalue weighted by Crippen LogP contribution is -2.06. The number of nitrogens with zero attached hydrogens (tertiary/aromatic N) is 2. The molecule has 0 spiro atoms. The van der Waals surface area contributed by atoms with Gasteiger partial charge in [-0.25, -0.2) is 4.98 Å². The molecule has 0 bridgehead atoms. The third-order valence-corrected chi connectivity index (χ3v) is 1.87. The van der Waals surface area contributed by atoms with Crippen LogP contribution in [0.5, 0.6) is 0 Å². The summed E-state index contributed by atoms with van der Waals surface area (Å²) in [6, 6.07) is 0. The van der Waals surface area contributed by atoms with Gasteiger partial charge in [-0.15, -0.1) is 0 Å². The highest BCUT2D eigenvalue weighted by Crippen LogP contribution is 2.13. The molecule has 12 heavy (non-hydrogen) atoms. The summed E-state index contributed by atoms with van der Waals surface area (Å²) in [5.41, 5.74) is 0.562. The molecule has 1 heterocycles. The molecule has 0 aliphatic heterocycles. The van der Waals surface area contributed by atoms with Crippen molar-refractivity contribution in [2.75, 3.05) is 0 Å². The lowest BCUT2D eigenvalue weighted by molar-refractivity contribution is -0.136. The lowest BCUT2D eigenvalue weighted by atomic mass is 10.3. The van der Waals surface area contributed by atoms with Crippen molar-refractivity contribution in [3.05, 3.63) is 17.2 Å². The molecule has 0 saturated heterocycles. The Balaban J connectivity index is 2.94. The van der Waals surface area contributed by atoms with Crippen LogP contribution in [0, 0.1) is 0 Å². The van der Waals surface area contributed by atoms with Crippen LogP contribution in [0.25, 0.3) is 0 Å². The van der Waals surface area contributed by atoms with Crippen molar-refractivity contribution in [2.24, 2.45) is 0 Å². The van der Waals surface area contributed by atoms with Crippen molar-refractivity contribution in [3.8, 4) is 0 Å². The molecule has 1 N–H and O–H groups in total. The molecule has 5 heteroatoms. The standard InChI is InChI=1S/C7H9ClN2O2/c1-2-10-4-9-7(8)5(10)3-6(11)12/h4H,2-3H2,1H3,(H,11,12). The van der Waals surface area contributed by atoms with Gasteiger partial charge in [0.2, 0.25) is 0 Å². The van der Waals surface area contributed by atoms with Crippen molar-refractivity contribution in [3.63, 3.8) is 0 Å². The Bertz CT molecular complexity index is 296. The summed E-state index contributed by atoms with van der Waals surface area (Å²) in [6.07, 6.45) is 1.47. The Morgan fingerprint density at radius 1 is 1.83 bits per heavy atom. The zero-order valence-electron chi connectivity index (χ0n) is 6.62. The van der Waals surface area contributed by atoms with Gasteiger partial charge < -0.3 is 9.67 Å². The van der Waals surface area contributed by atoms with Gasteiger partial charge >= 0.3 is 5.97 Å². The molecule has 0 aromatic carbocycles. The largest absolute Gasteiger partial charge is 0.481 e. The SMILES string of the molecule is CCn1cnc(Cl)c1CC(=O)O. The lowest BCUT2D eigenvalue weighted by Gasteiger charge is -2.01. The average Bonchev–Trinajstić information content (AvgIpc) is 2.32. The highest BCUT2D eigenvalue weighted by atomic mass is 35.5. The van der Waals surface area contributed by atoms with Crippen molar-refractivity contribution < 1.29 is 9.90 Å². The number of rotatable bonds is 3. The molecule has 0 atom stereocenters. The van der Waals surface area contributed by atoms with Crippen LogP contribution in [-0.2, 0) is 17.8 Å². The molecule has 0 radical (unpaired) electrons. The molecule has 0 saturated carbocycles. The van der Waals surface area contributed by atoms with Crippen molar-refractivity contribution in [2.45, 2.75) is 19.9 Å². The van der Waals surface area contributed by atoms with Crippen LogP contribution in [0.15, 0.2) is 6.33 Å². The van der Waals surface area contributed by atoms with Gasteiger partial charge in [0, 0.05) is 6.54 Å². The number of hydrogen-bond acceptors (Lipinski definition) is 2. The summed E-state index contributed by atoms with van der Waals surface area (Å²) < 4.78 is 1.72. The number of carbonyl (C=O) groups is 1. The van der Waals surface area contributed by atoms with E-state index in [1.54, 1.807) is 10.9 Å². The van der Waals surface area contributed by atoms with E-state index in [0.717, 1.165) is 0 Å². The van der Waals surface area contributed by atoms with Crippen LogP contribution < -0.4 is 0 Å². The normalized spacial score (nSPS) is 10.2. The summed E-state index contributed by atoms with van der Waals surface area (Å²) in [6.45, 7) is 2.59. The third-order valence-electron chi connectivity index (χ3n) is 1.55. The van der Waals surface area contributed by atoms with E-state index in [-0.39, 0.29) is 11.6 Å². The summed E-state index contributed by atoms with van der Waals surface area (Å²) in [5.74, 6) is -0.896. The monoisotopic (exact) mass is 188 g/mol. The second-order valence-corrected chi connectivity index (χ2v) is 2.70. The Hall–Kier alpha value is -1.03. The molecular weight excluding hydrogens is 180 g/mol. The summed E-state index contributed by atoms with van der Waals surface area (Å²) in [5, 5.41) is 8.81. The number of carboxylic acids is 1. The maximum atomic E-state index is 10.4. The van der Waals surface area contributed by atoms with E-state index >= 15 is 0 Å². The first-order valence-electron chi connectivity index (χ1n) is 3.56. The fourth-order valence-electron chi connectivity index (χ4n) is 0.973. The van der Waals surface area contributed by atoms with E-state index in [1.807, 2.05) is 6.92 Å². The minimum atomic E-state index is -0.896. The summed E-state index contributed by atoms with van der Waals surface area (Å²) in [4.78, 5) is 14.2. The maximum absolute atomic E-state index is 10.4. The van der Waals surface area contributed by atoms with Crippen LogP contribution in [0.1, 0.15) is 12.6 Å². The van der Waals surface area contributed by atoms with Gasteiger partial charge in [0.1, 0.15) is 0 Å². The second kappa shape index (κ2) is 3.58. The molecule has 1 aromatic heterocycles. The van der Waals surface area contributed by atoms with Gasteiger partial charge in [0.25, 0.3) is 0 Å². The molecule has 4 nitrogen and oxygen atoms in total. The molecular formula is C7H9ClN2O2. The Labute approximate surface area is 74.8 Å². The zero-order chi connectivity index (χ0) is 9.14. The number of aliphatic carboxylic acids is 1. The van der Waals surface area contributed by atoms with E-state index in [9.17, 15) is 4.79 Å². The molecule has 0 fully saturated rings. The highest BCUT2D eigenvalue weighted by Gasteiger charge is 2.10. The van der Waals surface area contributed by atoms with Crippen LogP contribution >= 0.6 is 11.6 Å². The van der Waals surface area contributed by atoms with Crippen LogP contribution in [0.4, 0.5) is 0 Å². The Morgan fingerprint density at radius 2 is 2.50 bits per heavy atom. The fourth-order valence-corrected chi connectivity index (χ4v) is 1.19. The van der Waals surface area contributed by atoms with Gasteiger partial charge in [0.15, 0.2) is 5.15 Å². The van der Waals surface area contributed by atoms with Gasteiger partial charge in [-0.2, -0.15) is 0 Å². The van der Waals surface area contributed by atoms with Crippen molar-refractivity contribution >= 4 is 17.6 Å². The van der Waals surface area contributed by atoms with E-state index in [2.05, 4.69) is 4.98 Å². The topological polar surface area (TPSA) is 55.1 Å². The Kier molecular flexibility index (Phi) is 2.70. The maximum Gasteiger partial charge on any atom is 0.309 e. The van der Waals surface area contributed by atoms with Crippen LogP contribution in [0.3, 0.4) is 0 Å². The average molecular weight is 189 g/mol. The summed E-state index contributed by atoms with van der Waals surface area (Å²) in [7, 11) is 0. The predicted octanol–water partition coefficient (Wildman–Crippen LogP) is 1.18. The van der Waals surface area contributed by atoms with Gasteiger partial charge in [-0.1, -0.05) is 11.6 Å². The zero-order valence-corrected chi connectivity index (χ0v) is 7.38. The first-order valence-corrected chi connectivity index (χ1v) is 3.94. The first-order chi connectivity index (χ1) is 5.65. The number of halogens is 1. The van der Waals surface area contributed by atoms with Crippen LogP contribution in [0.2, 0.25) is 5.15 Å². The molecule has 0 amide bonds. The molecule has 0 aliphatic rings. The van der Waals surface area contributed by atoms with E-state index in [0.29, 0.717) is 12.2 Å². The number of aryl methyl sites for hydroxylation is 1. The van der Waals surface area contributed by atoms with Crippen molar-refractivity contribution in [1.82, 2.24) is 9.55 Å². The highest BCUT2D eigenvalue weighted by molar-refractivity contribution is 6.30. The minimum Gasteiger partial charge on any atom is -0.481 e. The quantitative estimate of drug-likeness (QED) is 0.775. The molecule has 1 rings (SSSR count). The smallest absolute Gasteiger partial charge is 0.309 e. The molecule has 0 aliphatic carbocycles. The fraction of sp³-hybridized carbons (Fsp3) is 0.429. The van der Waals surface area contributed by atoms with E-state index < -0.39 is 5.97 Å². The van der Waals surface area contributed by atoms with E-state index in [1.165, 1.54) is 0 Å². The molecule has 1 aromatic rings. The first kappa shape index (κ1) is 9.06. The summed E-state index contributed by atoms with van der Waals surface area (Å²) >= 11 is 5.67. The van der Waals surface area contributed by atoms with Gasteiger partial charge in [-0.05, 0) is 6.92 Å². The number of aromatic nitrogens is 2. The van der Waals surface area contributed by atoms with Crippen LogP contribution in [-0.4, -0.2) is 20.6 Å². The minimum absolute atomic E-state index is 0.0767. The van der Waals surface area contributed by atoms with Gasteiger partial charge in [-0.3, -0.25) is 4.79 Å². The van der Waals surface area contributed by atoms with Gasteiger partial charge in [0.05, 0.1) is 18.4 Å². The number of hydrogen-bond donors (Lipinski definition) is 1. The number of carboxylic acid groups (broad SMARTS) is 1. The second-order valence-electron chi connectivity index (χ2n) is 2.34. The van der Waals surface area contributed by atoms with E-state index in [4.69, 9.17) is 16.7 Å².